The molecule has 0 atom stereocenters. The van der Waals surface area contributed by atoms with Crippen LogP contribution in [0.25, 0.3) is 68.8 Å². The van der Waals surface area contributed by atoms with Crippen molar-refractivity contribution in [3.05, 3.63) is 309 Å². The summed E-state index contributed by atoms with van der Waals surface area (Å²) >= 11 is 0. The van der Waals surface area contributed by atoms with E-state index < -0.39 is 0 Å². The van der Waals surface area contributed by atoms with Crippen LogP contribution in [0.3, 0.4) is 0 Å². The number of nitrogens with zero attached hydrogens (tertiary/aromatic N) is 2. The summed E-state index contributed by atoms with van der Waals surface area (Å²) in [5, 5.41) is 0. The molecule has 13 rings (SSSR count). The number of benzene rings is 11. The minimum Gasteiger partial charge on any atom is -0.310 e. The van der Waals surface area contributed by atoms with E-state index in [0.717, 1.165) is 22.7 Å². The first-order valence-electron chi connectivity index (χ1n) is 33.9. The standard InChI is InChI=1S/C92H92N2/c1-87(2,3)69-35-43-73(44-36-69)93(74-45-37-70(38-46-74)88(4,5)6)77-51-55-81-79-53-25-63(57-83(79)91(13,14)85(81)59-77)19-17-61-21-27-65(28-22-61)67-31-33-68(34-32-67)66-29-23-62(24-30-66)18-20-64-26-54-80-82-56-52-78(60-86(82)92(15,16)84(80)58-64)94(75-47-39-71(40-48-75)89(7,8)9)76-49-41-72(42-50-76)90(10,11)12/h17-60H,1-16H3/b19-17+,20-18+. The Kier molecular flexibility index (Phi) is 16.0. The molecule has 94 heavy (non-hydrogen) atoms. The van der Waals surface area contributed by atoms with Gasteiger partial charge < -0.3 is 9.80 Å². The van der Waals surface area contributed by atoms with Gasteiger partial charge in [-0.2, -0.15) is 0 Å². The maximum absolute atomic E-state index is 2.43. The van der Waals surface area contributed by atoms with Crippen molar-refractivity contribution in [1.82, 2.24) is 0 Å². The predicted molar refractivity (Wildman–Crippen MR) is 407 cm³/mol. The molecule has 0 unspecified atom stereocenters. The van der Waals surface area contributed by atoms with E-state index in [1.807, 2.05) is 0 Å². The van der Waals surface area contributed by atoms with Crippen molar-refractivity contribution in [3.8, 4) is 44.5 Å². The fraction of sp³-hybridized carbons (Fsp3) is 0.239. The van der Waals surface area contributed by atoms with Crippen LogP contribution in [-0.4, -0.2) is 0 Å². The molecule has 0 saturated heterocycles. The maximum atomic E-state index is 2.43. The summed E-state index contributed by atoms with van der Waals surface area (Å²) < 4.78 is 0. The molecule has 0 N–H and O–H groups in total. The molecule has 470 valence electrons. The second kappa shape index (κ2) is 23.8. The van der Waals surface area contributed by atoms with E-state index in [1.165, 1.54) is 123 Å². The maximum Gasteiger partial charge on any atom is 0.0465 e. The third-order valence-electron chi connectivity index (χ3n) is 20.2. The van der Waals surface area contributed by atoms with Crippen LogP contribution in [0.5, 0.6) is 0 Å². The molecule has 11 aromatic rings. The van der Waals surface area contributed by atoms with Gasteiger partial charge in [0.15, 0.2) is 0 Å². The summed E-state index contributed by atoms with van der Waals surface area (Å²) in [5.41, 5.74) is 32.5. The molecule has 2 nitrogen and oxygen atoms in total. The highest BCUT2D eigenvalue weighted by molar-refractivity contribution is 5.89. The predicted octanol–water partition coefficient (Wildman–Crippen LogP) is 26.1. The van der Waals surface area contributed by atoms with Gasteiger partial charge in [0.25, 0.3) is 0 Å². The Labute approximate surface area is 562 Å². The summed E-state index contributed by atoms with van der Waals surface area (Å²) in [6.07, 6.45) is 9.00. The minimum atomic E-state index is -0.183. The summed E-state index contributed by atoms with van der Waals surface area (Å²) in [6, 6.07) is 91.6. The molecule has 0 aromatic heterocycles. The van der Waals surface area contributed by atoms with Crippen molar-refractivity contribution in [2.45, 2.75) is 143 Å². The lowest BCUT2D eigenvalue weighted by Gasteiger charge is -2.29. The van der Waals surface area contributed by atoms with E-state index >= 15 is 0 Å². The molecule has 0 heterocycles. The van der Waals surface area contributed by atoms with Gasteiger partial charge in [0.05, 0.1) is 0 Å². The highest BCUT2D eigenvalue weighted by atomic mass is 15.1. The molecule has 0 saturated carbocycles. The molecule has 2 aliphatic rings. The van der Waals surface area contributed by atoms with Gasteiger partial charge in [-0.25, -0.2) is 0 Å². The zero-order valence-electron chi connectivity index (χ0n) is 58.3. The van der Waals surface area contributed by atoms with Crippen LogP contribution in [0, 0.1) is 0 Å². The summed E-state index contributed by atoms with van der Waals surface area (Å²) in [6.45, 7) is 36.9. The normalized spacial score (nSPS) is 14.0. The van der Waals surface area contributed by atoms with Crippen LogP contribution < -0.4 is 9.80 Å². The van der Waals surface area contributed by atoms with Crippen LogP contribution >= 0.6 is 0 Å². The molecule has 0 amide bonds. The van der Waals surface area contributed by atoms with Crippen molar-refractivity contribution in [1.29, 1.82) is 0 Å². The quantitative estimate of drug-likeness (QED) is 0.113. The Balaban J connectivity index is 0.663. The van der Waals surface area contributed by atoms with Gasteiger partial charge in [-0.05, 0) is 206 Å². The van der Waals surface area contributed by atoms with Crippen LogP contribution in [0.2, 0.25) is 0 Å². The van der Waals surface area contributed by atoms with Gasteiger partial charge in [0, 0.05) is 45.0 Å². The molecule has 0 radical (unpaired) electrons. The van der Waals surface area contributed by atoms with E-state index in [9.17, 15) is 0 Å². The van der Waals surface area contributed by atoms with E-state index in [1.54, 1.807) is 0 Å². The second-order valence-electron chi connectivity index (χ2n) is 31.7. The molecular formula is C92H92N2. The zero-order chi connectivity index (χ0) is 66.3. The fourth-order valence-electron chi connectivity index (χ4n) is 14.1. The molecule has 0 aliphatic heterocycles. The Morgan fingerprint density at radius 1 is 0.223 bits per heavy atom. The largest absolute Gasteiger partial charge is 0.310 e. The number of rotatable bonds is 12. The first-order valence-corrected chi connectivity index (χ1v) is 33.9. The zero-order valence-corrected chi connectivity index (χ0v) is 58.3. The van der Waals surface area contributed by atoms with Crippen molar-refractivity contribution >= 4 is 58.4 Å². The molecule has 2 aliphatic carbocycles. The van der Waals surface area contributed by atoms with E-state index in [-0.39, 0.29) is 32.5 Å². The molecule has 0 bridgehead atoms. The Bertz CT molecular complexity index is 4240. The number of hydrogen-bond donors (Lipinski definition) is 0. The number of fused-ring (bicyclic) bond motifs is 6. The summed E-state index contributed by atoms with van der Waals surface area (Å²) in [5.74, 6) is 0. The van der Waals surface area contributed by atoms with Crippen LogP contribution in [0.1, 0.15) is 178 Å². The Morgan fingerprint density at radius 2 is 0.426 bits per heavy atom. The highest BCUT2D eigenvalue weighted by Gasteiger charge is 2.38. The van der Waals surface area contributed by atoms with Gasteiger partial charge >= 0.3 is 0 Å². The lowest BCUT2D eigenvalue weighted by molar-refractivity contribution is 0.590. The van der Waals surface area contributed by atoms with E-state index in [4.69, 9.17) is 0 Å². The lowest BCUT2D eigenvalue weighted by Crippen LogP contribution is -2.17. The van der Waals surface area contributed by atoms with E-state index in [2.05, 4.69) is 388 Å². The average Bonchev–Trinajstić information content (AvgIpc) is 1.57. The van der Waals surface area contributed by atoms with Gasteiger partial charge in [-0.3, -0.25) is 0 Å². The number of anilines is 6. The Hall–Kier alpha value is -9.50. The third kappa shape index (κ3) is 12.4. The van der Waals surface area contributed by atoms with Crippen LogP contribution in [-0.2, 0) is 32.5 Å². The van der Waals surface area contributed by atoms with E-state index in [0.29, 0.717) is 0 Å². The molecular weight excluding hydrogens is 1130 g/mol. The van der Waals surface area contributed by atoms with Gasteiger partial charge in [-0.15, -0.1) is 0 Å². The topological polar surface area (TPSA) is 6.48 Å². The second-order valence-corrected chi connectivity index (χ2v) is 31.7. The minimum absolute atomic E-state index is 0.0766. The van der Waals surface area contributed by atoms with Crippen molar-refractivity contribution < 1.29 is 0 Å². The third-order valence-corrected chi connectivity index (χ3v) is 20.2. The monoisotopic (exact) mass is 1220 g/mol. The van der Waals surface area contributed by atoms with Crippen LogP contribution in [0.4, 0.5) is 34.1 Å². The highest BCUT2D eigenvalue weighted by Crippen LogP contribution is 2.53. The first kappa shape index (κ1) is 63.3. The first-order chi connectivity index (χ1) is 44.6. The van der Waals surface area contributed by atoms with Crippen molar-refractivity contribution in [2.24, 2.45) is 0 Å². The molecule has 0 fully saturated rings. The smallest absolute Gasteiger partial charge is 0.0465 e. The fourth-order valence-corrected chi connectivity index (χ4v) is 14.1. The van der Waals surface area contributed by atoms with Gasteiger partial charge in [-0.1, -0.05) is 305 Å². The summed E-state index contributed by atoms with van der Waals surface area (Å²) in [4.78, 5) is 4.84. The molecule has 0 spiro atoms. The summed E-state index contributed by atoms with van der Waals surface area (Å²) in [7, 11) is 0. The Morgan fingerprint density at radius 3 is 0.681 bits per heavy atom. The van der Waals surface area contributed by atoms with Gasteiger partial charge in [0.1, 0.15) is 0 Å². The SMILES string of the molecule is CC(C)(C)c1ccc(N(c2ccc(C(C)(C)C)cc2)c2ccc3c(c2)C(C)(C)c2cc(/C=C/c4ccc(-c5ccc(-c6ccc(/C=C/c7ccc8c(c7)C(C)(C)c7cc(N(c9ccc(C(C)(C)C)cc9)c9ccc(C(C)(C)C)cc9)ccc7-8)cc6)cc5)cc4)ccc2-3)cc1. The van der Waals surface area contributed by atoms with Crippen molar-refractivity contribution in [2.75, 3.05) is 9.80 Å². The lowest BCUT2D eigenvalue weighted by atomic mass is 9.81. The van der Waals surface area contributed by atoms with Crippen molar-refractivity contribution in [3.63, 3.8) is 0 Å². The molecule has 2 heteroatoms. The molecule has 11 aromatic carbocycles. The average molecular weight is 1230 g/mol. The number of hydrogen-bond acceptors (Lipinski definition) is 2. The van der Waals surface area contributed by atoms with Crippen LogP contribution in [0.15, 0.2) is 243 Å². The van der Waals surface area contributed by atoms with Gasteiger partial charge in [0.2, 0.25) is 0 Å².